The van der Waals surface area contributed by atoms with Crippen LogP contribution < -0.4 is 10.9 Å². The van der Waals surface area contributed by atoms with Gasteiger partial charge in [0.2, 0.25) is 0 Å². The number of hydrogen-bond acceptors (Lipinski definition) is 10. The van der Waals surface area contributed by atoms with Crippen molar-refractivity contribution in [2.75, 3.05) is 0 Å². The minimum Gasteiger partial charge on any atom is -0.507 e. The summed E-state index contributed by atoms with van der Waals surface area (Å²) in [7, 11) is 0. The number of hydrogen-bond donors (Lipinski definition) is 4. The minimum absolute atomic E-state index is 0.0698. The molecule has 2 aliphatic rings. The first-order valence-electron chi connectivity index (χ1n) is 12.8. The van der Waals surface area contributed by atoms with E-state index >= 15 is 0 Å². The first-order valence-corrected chi connectivity index (χ1v) is 12.8. The fourth-order valence-corrected chi connectivity index (χ4v) is 4.56. The van der Waals surface area contributed by atoms with Crippen LogP contribution in [0, 0.1) is 0 Å². The van der Waals surface area contributed by atoms with E-state index in [-0.39, 0.29) is 44.8 Å². The van der Waals surface area contributed by atoms with Gasteiger partial charge in [0.25, 0.3) is 35.4 Å². The standard InChI is InChI=1S/C30H18N6O8/c37-23-11-9-15(13-21(23)25(39)33-35-27(41)17-5-1-2-6-18(17)28(35)42)31-32-16-10-12-24(38)22(14-16)26(40)34-36-29(43)19-7-3-4-8-20(19)30(36)44/h1-14,37-38H,(H,33,39)(H,34,40)/b32-31+. The first kappa shape index (κ1) is 27.5. The second-order valence-corrected chi connectivity index (χ2v) is 9.47. The Bertz CT molecular complexity index is 1780. The van der Waals surface area contributed by atoms with Gasteiger partial charge in [-0.25, -0.2) is 0 Å². The summed E-state index contributed by atoms with van der Waals surface area (Å²) >= 11 is 0. The molecule has 4 N–H and O–H groups in total. The lowest BCUT2D eigenvalue weighted by atomic mass is 10.1. The number of amides is 6. The van der Waals surface area contributed by atoms with Crippen molar-refractivity contribution >= 4 is 46.8 Å². The number of fused-ring (bicyclic) bond motifs is 2. The molecule has 44 heavy (non-hydrogen) atoms. The normalized spacial score (nSPS) is 13.8. The highest BCUT2D eigenvalue weighted by Crippen LogP contribution is 2.29. The molecule has 6 rings (SSSR count). The molecular weight excluding hydrogens is 572 g/mol. The van der Waals surface area contributed by atoms with E-state index in [2.05, 4.69) is 21.1 Å². The van der Waals surface area contributed by atoms with Crippen LogP contribution in [-0.2, 0) is 0 Å². The van der Waals surface area contributed by atoms with Crippen LogP contribution in [0.1, 0.15) is 62.1 Å². The molecule has 6 amide bonds. The van der Waals surface area contributed by atoms with Gasteiger partial charge in [-0.1, -0.05) is 24.3 Å². The SMILES string of the molecule is O=C(NN1C(=O)c2ccccc2C1=O)c1cc(/N=N/c2ccc(O)c(C(=O)NN3C(=O)c4ccccc4C3=O)c2)ccc1O. The molecule has 0 saturated heterocycles. The Balaban J connectivity index is 1.18. The van der Waals surface area contributed by atoms with Crippen LogP contribution in [-0.4, -0.2) is 55.7 Å². The molecule has 0 fully saturated rings. The highest BCUT2D eigenvalue weighted by atomic mass is 16.3. The third-order valence-corrected chi connectivity index (χ3v) is 6.75. The van der Waals surface area contributed by atoms with Crippen molar-refractivity contribution in [3.63, 3.8) is 0 Å². The molecule has 4 aromatic carbocycles. The number of imide groups is 2. The Kier molecular flexibility index (Phi) is 6.62. The van der Waals surface area contributed by atoms with Gasteiger partial charge < -0.3 is 10.2 Å². The van der Waals surface area contributed by atoms with Gasteiger partial charge in [0.05, 0.1) is 44.8 Å². The lowest BCUT2D eigenvalue weighted by Crippen LogP contribution is -2.45. The summed E-state index contributed by atoms with van der Waals surface area (Å²) in [5.41, 5.74) is 4.37. The lowest BCUT2D eigenvalue weighted by Gasteiger charge is -2.15. The van der Waals surface area contributed by atoms with Crippen LogP contribution in [0.4, 0.5) is 11.4 Å². The maximum absolute atomic E-state index is 12.9. The smallest absolute Gasteiger partial charge is 0.280 e. The Hall–Kier alpha value is -6.70. The molecule has 216 valence electrons. The third kappa shape index (κ3) is 4.67. The number of aromatic hydroxyl groups is 2. The predicted octanol–water partition coefficient (Wildman–Crippen LogP) is 3.40. The average molecular weight is 591 g/mol. The fraction of sp³-hybridized carbons (Fsp3) is 0. The van der Waals surface area contributed by atoms with Crippen LogP contribution in [0.5, 0.6) is 11.5 Å². The average Bonchev–Trinajstić information content (AvgIpc) is 3.41. The topological polar surface area (TPSA) is 198 Å². The number of phenolic OH excluding ortho intramolecular Hbond substituents is 2. The van der Waals surface area contributed by atoms with Crippen molar-refractivity contribution in [2.24, 2.45) is 10.2 Å². The quantitative estimate of drug-likeness (QED) is 0.193. The largest absolute Gasteiger partial charge is 0.507 e. The molecule has 0 unspecified atom stereocenters. The number of carbonyl (C=O) groups is 6. The molecule has 4 aromatic rings. The van der Waals surface area contributed by atoms with Crippen LogP contribution in [0.3, 0.4) is 0 Å². The number of carbonyl (C=O) groups excluding carboxylic acids is 6. The molecule has 0 aliphatic carbocycles. The van der Waals surface area contributed by atoms with Crippen LogP contribution in [0.2, 0.25) is 0 Å². The number of phenols is 2. The van der Waals surface area contributed by atoms with E-state index in [1.165, 1.54) is 36.4 Å². The van der Waals surface area contributed by atoms with Crippen molar-refractivity contribution in [3.05, 3.63) is 118 Å². The summed E-state index contributed by atoms with van der Waals surface area (Å²) in [5, 5.41) is 29.6. The van der Waals surface area contributed by atoms with Crippen LogP contribution >= 0.6 is 0 Å². The second kappa shape index (κ2) is 10.6. The molecule has 0 spiro atoms. The molecule has 0 bridgehead atoms. The zero-order valence-electron chi connectivity index (χ0n) is 22.2. The molecular formula is C30H18N6O8. The molecule has 0 atom stereocenters. The van der Waals surface area contributed by atoms with Gasteiger partial charge in [0.1, 0.15) is 11.5 Å². The Morgan fingerprint density at radius 2 is 0.841 bits per heavy atom. The molecule has 2 heterocycles. The summed E-state index contributed by atoms with van der Waals surface area (Å²) < 4.78 is 0. The fourth-order valence-electron chi connectivity index (χ4n) is 4.56. The molecule has 14 heteroatoms. The lowest BCUT2D eigenvalue weighted by molar-refractivity contribution is 0.0512. The van der Waals surface area contributed by atoms with Gasteiger partial charge in [-0.05, 0) is 60.7 Å². The Morgan fingerprint density at radius 3 is 1.16 bits per heavy atom. The van der Waals surface area contributed by atoms with E-state index in [1.54, 1.807) is 24.3 Å². The number of azo groups is 1. The summed E-state index contributed by atoms with van der Waals surface area (Å²) in [6.07, 6.45) is 0. The maximum atomic E-state index is 12.9. The Morgan fingerprint density at radius 1 is 0.523 bits per heavy atom. The van der Waals surface area contributed by atoms with Crippen LogP contribution in [0.15, 0.2) is 95.2 Å². The zero-order chi connectivity index (χ0) is 31.1. The minimum atomic E-state index is -0.967. The highest BCUT2D eigenvalue weighted by Gasteiger charge is 2.38. The van der Waals surface area contributed by atoms with E-state index in [9.17, 15) is 39.0 Å². The van der Waals surface area contributed by atoms with Gasteiger partial charge in [-0.2, -0.15) is 20.2 Å². The maximum Gasteiger partial charge on any atom is 0.280 e. The number of nitrogens with one attached hydrogen (secondary N) is 2. The van der Waals surface area contributed by atoms with Gasteiger partial charge in [-0.15, -0.1) is 0 Å². The van der Waals surface area contributed by atoms with Crippen molar-refractivity contribution < 1.29 is 39.0 Å². The Labute approximate surface area is 246 Å². The number of rotatable bonds is 6. The number of benzene rings is 4. The van der Waals surface area contributed by atoms with Crippen molar-refractivity contribution in [1.82, 2.24) is 20.9 Å². The van der Waals surface area contributed by atoms with Gasteiger partial charge in [0.15, 0.2) is 0 Å². The molecule has 0 aromatic heterocycles. The third-order valence-electron chi connectivity index (χ3n) is 6.75. The summed E-state index contributed by atoms with van der Waals surface area (Å²) in [6.45, 7) is 0. The molecule has 14 nitrogen and oxygen atoms in total. The zero-order valence-corrected chi connectivity index (χ0v) is 22.2. The van der Waals surface area contributed by atoms with Gasteiger partial charge in [-0.3, -0.25) is 39.6 Å². The van der Waals surface area contributed by atoms with E-state index in [0.717, 1.165) is 24.3 Å². The number of nitrogens with zero attached hydrogens (tertiary/aromatic N) is 4. The van der Waals surface area contributed by atoms with E-state index in [4.69, 9.17) is 0 Å². The number of hydrazine groups is 2. The predicted molar refractivity (Wildman–Crippen MR) is 149 cm³/mol. The highest BCUT2D eigenvalue weighted by molar-refractivity contribution is 6.23. The first-order chi connectivity index (χ1) is 21.1. The molecule has 0 radical (unpaired) electrons. The van der Waals surface area contributed by atoms with Crippen molar-refractivity contribution in [3.8, 4) is 11.5 Å². The van der Waals surface area contributed by atoms with Crippen LogP contribution in [0.25, 0.3) is 0 Å². The summed E-state index contributed by atoms with van der Waals surface area (Å²) in [6, 6.07) is 19.4. The summed E-state index contributed by atoms with van der Waals surface area (Å²) in [5.74, 6) is -5.79. The molecule has 2 aliphatic heterocycles. The van der Waals surface area contributed by atoms with E-state index in [1.807, 2.05) is 0 Å². The van der Waals surface area contributed by atoms with Crippen molar-refractivity contribution in [1.29, 1.82) is 0 Å². The van der Waals surface area contributed by atoms with E-state index in [0.29, 0.717) is 10.0 Å². The van der Waals surface area contributed by atoms with E-state index < -0.39 is 46.9 Å². The van der Waals surface area contributed by atoms with Gasteiger partial charge in [0, 0.05) is 0 Å². The monoisotopic (exact) mass is 590 g/mol. The summed E-state index contributed by atoms with van der Waals surface area (Å²) in [4.78, 5) is 76.1. The van der Waals surface area contributed by atoms with Crippen molar-refractivity contribution in [2.45, 2.75) is 0 Å². The van der Waals surface area contributed by atoms with Gasteiger partial charge >= 0.3 is 0 Å². The second-order valence-electron chi connectivity index (χ2n) is 9.47. The molecule has 0 saturated carbocycles.